The van der Waals surface area contributed by atoms with Crippen molar-refractivity contribution in [3.05, 3.63) is 35.4 Å². The zero-order valence-electron chi connectivity index (χ0n) is 14.2. The Kier molecular flexibility index (Phi) is 8.44. The summed E-state index contributed by atoms with van der Waals surface area (Å²) in [6, 6.07) is 7.43. The van der Waals surface area contributed by atoms with Gasteiger partial charge in [0.15, 0.2) is 5.96 Å². The Balaban J connectivity index is 0.00000288. The second-order valence-electron chi connectivity index (χ2n) is 6.15. The van der Waals surface area contributed by atoms with Gasteiger partial charge in [-0.25, -0.2) is 18.1 Å². The van der Waals surface area contributed by atoms with E-state index in [1.807, 2.05) is 24.3 Å². The first kappa shape index (κ1) is 21.2. The molecule has 0 saturated carbocycles. The van der Waals surface area contributed by atoms with Gasteiger partial charge in [0.25, 0.3) is 0 Å². The highest BCUT2D eigenvalue weighted by Gasteiger charge is 2.17. The maximum absolute atomic E-state index is 11.5. The lowest BCUT2D eigenvalue weighted by Gasteiger charge is -2.31. The van der Waals surface area contributed by atoms with Crippen LogP contribution in [0.5, 0.6) is 0 Å². The van der Waals surface area contributed by atoms with Crippen LogP contribution < -0.4 is 10.5 Å². The lowest BCUT2D eigenvalue weighted by molar-refractivity contribution is 0.270. The summed E-state index contributed by atoms with van der Waals surface area (Å²) in [6.07, 6.45) is 2.41. The molecule has 1 atom stereocenters. The molecule has 1 aromatic carbocycles. The van der Waals surface area contributed by atoms with Gasteiger partial charge in [0.1, 0.15) is 0 Å². The van der Waals surface area contributed by atoms with E-state index in [-0.39, 0.29) is 29.7 Å². The fraction of sp³-hybridized carbons (Fsp3) is 0.562. The minimum atomic E-state index is -3.24. The van der Waals surface area contributed by atoms with Crippen molar-refractivity contribution in [3.8, 4) is 0 Å². The minimum Gasteiger partial charge on any atom is -0.370 e. The average Bonchev–Trinajstić information content (AvgIpc) is 2.53. The highest BCUT2D eigenvalue weighted by molar-refractivity contribution is 14.0. The number of guanidine groups is 1. The normalized spacial score (nSPS) is 19.0. The van der Waals surface area contributed by atoms with E-state index in [1.54, 1.807) is 0 Å². The van der Waals surface area contributed by atoms with Gasteiger partial charge in [-0.15, -0.1) is 24.0 Å². The number of nitrogens with two attached hydrogens (primary N) is 1. The van der Waals surface area contributed by atoms with Crippen LogP contribution in [0.3, 0.4) is 0 Å². The van der Waals surface area contributed by atoms with Crippen molar-refractivity contribution in [2.24, 2.45) is 16.6 Å². The maximum Gasteiger partial charge on any atom is 0.215 e. The predicted octanol–water partition coefficient (Wildman–Crippen LogP) is 1.90. The zero-order valence-corrected chi connectivity index (χ0v) is 17.4. The summed E-state index contributed by atoms with van der Waals surface area (Å²) in [7, 11) is -1.82. The Bertz CT molecular complexity index is 647. The van der Waals surface area contributed by atoms with Gasteiger partial charge in [-0.05, 0) is 36.9 Å². The van der Waals surface area contributed by atoms with Gasteiger partial charge in [0, 0.05) is 13.1 Å². The van der Waals surface area contributed by atoms with Crippen molar-refractivity contribution in [1.29, 1.82) is 0 Å². The Morgan fingerprint density at radius 1 is 1.33 bits per heavy atom. The van der Waals surface area contributed by atoms with Gasteiger partial charge in [0.2, 0.25) is 10.0 Å². The highest BCUT2D eigenvalue weighted by atomic mass is 127. The van der Waals surface area contributed by atoms with E-state index in [2.05, 4.69) is 21.5 Å². The Morgan fingerprint density at radius 2 is 1.96 bits per heavy atom. The summed E-state index contributed by atoms with van der Waals surface area (Å²) in [4.78, 5) is 6.60. The molecule has 0 aliphatic carbocycles. The summed E-state index contributed by atoms with van der Waals surface area (Å²) in [5.74, 6) is 1.24. The molecule has 24 heavy (non-hydrogen) atoms. The number of rotatable bonds is 5. The Labute approximate surface area is 162 Å². The van der Waals surface area contributed by atoms with Crippen molar-refractivity contribution in [2.75, 3.05) is 20.1 Å². The van der Waals surface area contributed by atoms with E-state index < -0.39 is 10.0 Å². The molecule has 1 aliphatic rings. The third kappa shape index (κ3) is 6.56. The van der Waals surface area contributed by atoms with E-state index in [0.29, 0.717) is 18.4 Å². The summed E-state index contributed by atoms with van der Waals surface area (Å²) < 4.78 is 25.3. The highest BCUT2D eigenvalue weighted by Crippen LogP contribution is 2.15. The lowest BCUT2D eigenvalue weighted by atomic mass is 10.0. The van der Waals surface area contributed by atoms with Crippen molar-refractivity contribution >= 4 is 40.0 Å². The molecule has 3 N–H and O–H groups in total. The molecular weight excluding hydrogens is 439 g/mol. The molecule has 1 heterocycles. The van der Waals surface area contributed by atoms with Crippen molar-refractivity contribution in [2.45, 2.75) is 32.1 Å². The smallest absolute Gasteiger partial charge is 0.215 e. The number of halogens is 1. The molecule has 0 amide bonds. The molecule has 0 bridgehead atoms. The molecule has 0 spiro atoms. The number of benzene rings is 1. The quantitative estimate of drug-likeness (QED) is 0.394. The van der Waals surface area contributed by atoms with E-state index in [0.717, 1.165) is 30.6 Å². The van der Waals surface area contributed by atoms with Crippen LogP contribution in [0.1, 0.15) is 30.9 Å². The lowest BCUT2D eigenvalue weighted by Crippen LogP contribution is -2.43. The van der Waals surface area contributed by atoms with Crippen LogP contribution in [0.25, 0.3) is 0 Å². The van der Waals surface area contributed by atoms with E-state index in [1.165, 1.54) is 13.5 Å². The molecule has 8 heteroatoms. The number of sulfonamides is 1. The van der Waals surface area contributed by atoms with Crippen LogP contribution in [-0.2, 0) is 22.3 Å². The molecule has 0 aromatic heterocycles. The molecule has 136 valence electrons. The molecule has 1 aliphatic heterocycles. The summed E-state index contributed by atoms with van der Waals surface area (Å²) >= 11 is 0. The first-order valence-corrected chi connectivity index (χ1v) is 9.59. The van der Waals surface area contributed by atoms with E-state index in [9.17, 15) is 8.42 Å². The summed E-state index contributed by atoms with van der Waals surface area (Å²) in [5, 5.41) is 0. The van der Waals surface area contributed by atoms with Gasteiger partial charge >= 0.3 is 0 Å². The predicted molar refractivity (Wildman–Crippen MR) is 109 cm³/mol. The number of piperidine rings is 1. The minimum absolute atomic E-state index is 0. The van der Waals surface area contributed by atoms with Crippen LogP contribution in [0, 0.1) is 5.92 Å². The van der Waals surface area contributed by atoms with Gasteiger partial charge in [-0.3, -0.25) is 0 Å². The summed E-state index contributed by atoms with van der Waals surface area (Å²) in [5.41, 5.74) is 7.85. The van der Waals surface area contributed by atoms with Gasteiger partial charge in [0.05, 0.1) is 12.3 Å². The van der Waals surface area contributed by atoms with Crippen LogP contribution in [0.2, 0.25) is 0 Å². The van der Waals surface area contributed by atoms with Gasteiger partial charge < -0.3 is 10.6 Å². The molecular formula is C16H27IN4O2S. The van der Waals surface area contributed by atoms with Crippen molar-refractivity contribution in [3.63, 3.8) is 0 Å². The number of nitrogens with one attached hydrogen (secondary N) is 1. The van der Waals surface area contributed by atoms with Crippen molar-refractivity contribution in [1.82, 2.24) is 9.62 Å². The summed E-state index contributed by atoms with van der Waals surface area (Å²) in [6.45, 7) is 4.68. The maximum atomic E-state index is 11.5. The molecule has 1 unspecified atom stereocenters. The van der Waals surface area contributed by atoms with Crippen LogP contribution in [0.4, 0.5) is 0 Å². The third-order valence-electron chi connectivity index (χ3n) is 4.10. The van der Waals surface area contributed by atoms with Crippen LogP contribution >= 0.6 is 24.0 Å². The number of hydrogen-bond donors (Lipinski definition) is 2. The van der Waals surface area contributed by atoms with E-state index in [4.69, 9.17) is 5.73 Å². The van der Waals surface area contributed by atoms with Gasteiger partial charge in [-0.1, -0.05) is 31.2 Å². The molecule has 2 rings (SSSR count). The fourth-order valence-corrected chi connectivity index (χ4v) is 3.48. The molecule has 1 saturated heterocycles. The third-order valence-corrected chi connectivity index (χ3v) is 5.43. The largest absolute Gasteiger partial charge is 0.370 e. The first-order valence-electron chi connectivity index (χ1n) is 7.93. The fourth-order valence-electron chi connectivity index (χ4n) is 2.70. The van der Waals surface area contributed by atoms with Crippen LogP contribution in [-0.4, -0.2) is 39.4 Å². The second kappa shape index (κ2) is 9.57. The molecule has 6 nitrogen and oxygen atoms in total. The molecule has 1 aromatic rings. The monoisotopic (exact) mass is 466 g/mol. The Morgan fingerprint density at radius 3 is 2.54 bits per heavy atom. The number of aliphatic imine (C=N–C) groups is 1. The topological polar surface area (TPSA) is 87.8 Å². The van der Waals surface area contributed by atoms with Crippen molar-refractivity contribution < 1.29 is 8.42 Å². The Hall–Kier alpha value is -0.870. The standard InChI is InChI=1S/C16H26N4O2S.HI/c1-13-4-3-9-20(11-13)16(17)19-10-14-5-7-15(8-6-14)12-23(21,22)18-2;/h5-8,13,18H,3-4,9-12H2,1-2H3,(H2,17,19);1H. The van der Waals surface area contributed by atoms with Crippen LogP contribution in [0.15, 0.2) is 29.3 Å². The number of likely N-dealkylation sites (tertiary alicyclic amines) is 1. The van der Waals surface area contributed by atoms with E-state index >= 15 is 0 Å². The molecule has 1 fully saturated rings. The SMILES string of the molecule is CNS(=O)(=O)Cc1ccc(CN=C(N)N2CCCC(C)C2)cc1.I. The number of hydrogen-bond acceptors (Lipinski definition) is 3. The molecule has 0 radical (unpaired) electrons. The zero-order chi connectivity index (χ0) is 16.9. The first-order chi connectivity index (χ1) is 10.9. The second-order valence-corrected chi connectivity index (χ2v) is 8.07. The van der Waals surface area contributed by atoms with Gasteiger partial charge in [-0.2, -0.15) is 0 Å². The average molecular weight is 466 g/mol. The number of nitrogens with zero attached hydrogens (tertiary/aromatic N) is 2.